The third kappa shape index (κ3) is 14.1. The fraction of sp³-hybridized carbons (Fsp3) is 0.429. The first kappa shape index (κ1) is 72.8. The van der Waals surface area contributed by atoms with Crippen LogP contribution in [0.4, 0.5) is 0 Å². The number of aryl methyl sites for hydroxylation is 6. The van der Waals surface area contributed by atoms with Crippen molar-refractivity contribution in [3.8, 4) is 17.2 Å². The quantitative estimate of drug-likeness (QED) is 0.146. The molecule has 18 rings (SSSR count). The van der Waals surface area contributed by atoms with E-state index in [0.717, 1.165) is 128 Å². The minimum Gasteiger partial charge on any atom is -0.480 e. The molecule has 100 heavy (non-hydrogen) atoms. The van der Waals surface area contributed by atoms with Crippen molar-refractivity contribution in [2.75, 3.05) is 0 Å². The summed E-state index contributed by atoms with van der Waals surface area (Å²) in [6, 6.07) is 47.0. The Labute approximate surface area is 597 Å². The lowest BCUT2D eigenvalue weighted by Gasteiger charge is -2.32. The molecular weight excluding hydrogens is 1240 g/mol. The standard InChI is InChI=1S/C63H75B3O9.C21H27BO3/c1-37-31-46-32-38(2)52(37)67-56(44-21-27-50(28-22-44)65-72-60(11,12)61(13,14)73-65)47-33-39(3)54(40(4)34-47)69-57(45-23-29-51(30-24-45)66-74-62(15,16)63(17,18)75-66)48-35-41(5)53(42(6)36-48)68-55(46)43-19-25-49(26-20-43)64-70-58(7,8)59(9,10)71-64;1-14-11-17(12-15(2)19(14)23)13-16-7-9-18(10-8-16)22-24-20(3,4)21(5,6)25-22/h19-36,55-57H,1-18H3;7-13,19,23H,1-6H3. The molecule has 10 aliphatic heterocycles. The molecule has 10 heterocycles. The molecule has 11 aliphatic rings. The van der Waals surface area contributed by atoms with E-state index in [-0.39, 0.29) is 18.3 Å². The molecule has 12 nitrogen and oxygen atoms in total. The van der Waals surface area contributed by atoms with Crippen LogP contribution in [0.1, 0.15) is 215 Å². The van der Waals surface area contributed by atoms with Gasteiger partial charge in [0.15, 0.2) is 0 Å². The first-order chi connectivity index (χ1) is 46.6. The highest BCUT2D eigenvalue weighted by molar-refractivity contribution is 6.63. The molecule has 16 heteroatoms. The Bertz CT molecular complexity index is 3840. The van der Waals surface area contributed by atoms with Crippen LogP contribution in [-0.2, 0) is 37.2 Å². The van der Waals surface area contributed by atoms with Gasteiger partial charge in [-0.25, -0.2) is 0 Å². The van der Waals surface area contributed by atoms with Crippen LogP contribution in [-0.4, -0.2) is 84.5 Å². The molecule has 0 spiro atoms. The summed E-state index contributed by atoms with van der Waals surface area (Å²) in [5, 5.41) is 9.98. The second-order valence-electron chi connectivity index (χ2n) is 32.8. The highest BCUT2D eigenvalue weighted by Crippen LogP contribution is 2.45. The summed E-state index contributed by atoms with van der Waals surface area (Å²) in [5.41, 5.74) is 16.6. The maximum absolute atomic E-state index is 9.98. The Kier molecular flexibility index (Phi) is 19.2. The third-order valence-corrected chi connectivity index (χ3v) is 22.8. The lowest BCUT2D eigenvalue weighted by molar-refractivity contribution is 0.00578. The Morgan fingerprint density at radius 3 is 0.700 bits per heavy atom. The van der Waals surface area contributed by atoms with Crippen LogP contribution in [0.2, 0.25) is 0 Å². The van der Waals surface area contributed by atoms with Crippen LogP contribution in [0.15, 0.2) is 162 Å². The number of rotatable bonds is 8. The monoisotopic (exact) mass is 1350 g/mol. The molecular formula is C84H102B4O12. The fourth-order valence-electron chi connectivity index (χ4n) is 13.8. The summed E-state index contributed by atoms with van der Waals surface area (Å²) in [5.74, 6) is 2.43. The molecule has 1 aliphatic carbocycles. The predicted molar refractivity (Wildman–Crippen MR) is 405 cm³/mol. The van der Waals surface area contributed by atoms with Crippen molar-refractivity contribution in [1.82, 2.24) is 0 Å². The first-order valence-corrected chi connectivity index (χ1v) is 35.5. The Balaban J connectivity index is 0.000000318. The van der Waals surface area contributed by atoms with Gasteiger partial charge in [-0.2, -0.15) is 0 Å². The third-order valence-electron chi connectivity index (χ3n) is 22.8. The molecule has 4 fully saturated rings. The summed E-state index contributed by atoms with van der Waals surface area (Å²) in [7, 11) is -1.79. The Morgan fingerprint density at radius 2 is 0.490 bits per heavy atom. The largest absolute Gasteiger partial charge is 0.494 e. The van der Waals surface area contributed by atoms with Gasteiger partial charge in [-0.3, -0.25) is 0 Å². The van der Waals surface area contributed by atoms with Gasteiger partial charge in [0.2, 0.25) is 0 Å². The highest BCUT2D eigenvalue weighted by atomic mass is 16.7. The predicted octanol–water partition coefficient (Wildman–Crippen LogP) is 15.9. The van der Waals surface area contributed by atoms with Gasteiger partial charge in [-0.1, -0.05) is 109 Å². The van der Waals surface area contributed by atoms with Crippen LogP contribution in [0, 0.1) is 41.5 Å². The first-order valence-electron chi connectivity index (χ1n) is 35.5. The van der Waals surface area contributed by atoms with Crippen LogP contribution in [0.5, 0.6) is 17.2 Å². The maximum Gasteiger partial charge on any atom is 0.494 e. The summed E-state index contributed by atoms with van der Waals surface area (Å²) in [6.45, 7) is 49.9. The molecule has 0 amide bonds. The summed E-state index contributed by atoms with van der Waals surface area (Å²) < 4.78 is 73.1. The van der Waals surface area contributed by atoms with Crippen molar-refractivity contribution in [2.45, 2.75) is 235 Å². The maximum atomic E-state index is 9.98. The molecule has 0 aromatic heterocycles. The lowest BCUT2D eigenvalue weighted by atomic mass is 9.78. The molecule has 7 aromatic carbocycles. The molecule has 0 radical (unpaired) electrons. The average Bonchev–Trinajstić information content (AvgIpc) is 1.63. The number of benzene rings is 7. The summed E-state index contributed by atoms with van der Waals surface area (Å²) in [4.78, 5) is 0. The molecule has 1 N–H and O–H groups in total. The number of aliphatic hydroxyl groups excluding tert-OH is 1. The van der Waals surface area contributed by atoms with Gasteiger partial charge in [0.1, 0.15) is 35.6 Å². The smallest absolute Gasteiger partial charge is 0.480 e. The van der Waals surface area contributed by atoms with Gasteiger partial charge in [0.05, 0.1) is 50.9 Å². The topological polar surface area (TPSA) is 122 Å². The van der Waals surface area contributed by atoms with E-state index in [9.17, 15) is 5.11 Å². The zero-order valence-electron chi connectivity index (χ0n) is 63.5. The zero-order valence-corrected chi connectivity index (χ0v) is 63.5. The van der Waals surface area contributed by atoms with E-state index in [1.54, 1.807) is 0 Å². The molecule has 522 valence electrons. The minimum absolute atomic E-state index is 0.327. The van der Waals surface area contributed by atoms with Gasteiger partial charge in [0, 0.05) is 0 Å². The van der Waals surface area contributed by atoms with E-state index in [0.29, 0.717) is 0 Å². The van der Waals surface area contributed by atoms with Crippen molar-refractivity contribution in [1.29, 1.82) is 0 Å². The number of allylic oxidation sites excluding steroid dienone is 3. The van der Waals surface area contributed by atoms with Crippen molar-refractivity contribution in [3.63, 3.8) is 0 Å². The molecule has 3 atom stereocenters. The van der Waals surface area contributed by atoms with Crippen molar-refractivity contribution < 1.29 is 56.6 Å². The molecule has 0 saturated carbocycles. The van der Waals surface area contributed by atoms with Crippen molar-refractivity contribution in [3.05, 3.63) is 235 Å². The molecule has 7 aromatic rings. The Hall–Kier alpha value is -6.94. The average molecular weight is 1350 g/mol. The second-order valence-corrected chi connectivity index (χ2v) is 32.8. The van der Waals surface area contributed by atoms with Crippen molar-refractivity contribution in [2.24, 2.45) is 0 Å². The van der Waals surface area contributed by atoms with E-state index in [2.05, 4.69) is 292 Å². The Morgan fingerprint density at radius 1 is 0.290 bits per heavy atom. The fourth-order valence-corrected chi connectivity index (χ4v) is 13.8. The summed E-state index contributed by atoms with van der Waals surface area (Å²) >= 11 is 0. The number of hydrogen-bond acceptors (Lipinski definition) is 12. The molecule has 4 saturated heterocycles. The van der Waals surface area contributed by atoms with Gasteiger partial charge in [-0.05, 0) is 320 Å². The molecule has 3 unspecified atom stereocenters. The van der Waals surface area contributed by atoms with Gasteiger partial charge >= 0.3 is 28.5 Å². The number of hydrogen-bond donors (Lipinski definition) is 1. The zero-order chi connectivity index (χ0) is 72.4. The van der Waals surface area contributed by atoms with E-state index < -0.39 is 79.4 Å². The van der Waals surface area contributed by atoms with Crippen LogP contribution < -0.4 is 36.1 Å². The minimum atomic E-state index is -0.486. The van der Waals surface area contributed by atoms with Crippen LogP contribution in [0.25, 0.3) is 6.08 Å². The van der Waals surface area contributed by atoms with E-state index in [4.69, 9.17) is 51.4 Å². The normalized spacial score (nSPS) is 23.4. The summed E-state index contributed by atoms with van der Waals surface area (Å²) in [6.07, 6.45) is 4.29. The van der Waals surface area contributed by atoms with Gasteiger partial charge in [-0.15, -0.1) is 0 Å². The lowest BCUT2D eigenvalue weighted by Crippen LogP contribution is -2.41. The van der Waals surface area contributed by atoms with E-state index >= 15 is 0 Å². The van der Waals surface area contributed by atoms with E-state index in [1.807, 2.05) is 26.0 Å². The highest BCUT2D eigenvalue weighted by Gasteiger charge is 2.55. The van der Waals surface area contributed by atoms with Gasteiger partial charge in [0.25, 0.3) is 0 Å². The number of ether oxygens (including phenoxy) is 3. The van der Waals surface area contributed by atoms with E-state index in [1.165, 1.54) is 0 Å². The van der Waals surface area contributed by atoms with Gasteiger partial charge < -0.3 is 56.6 Å². The molecule has 6 bridgehead atoms. The van der Waals surface area contributed by atoms with Crippen molar-refractivity contribution >= 4 is 56.4 Å². The SMILES string of the molecule is CC1=CC(=Cc2ccc(B3OC(C)(C)C(C)(C)O3)cc2)C=C(C)C1O.Cc1cc2cc(C)c1OC(c1ccc(B3OC(C)(C)C(C)(C)O3)cc1)c1cc(C)c(c(C)c1)OC(c1ccc(B3OC(C)(C)C(C)(C)O3)cc1)c1cc(C)c(c(C)c1)OC2c1ccc(B2OC(C)(C)C(C)(C)O2)cc1. The second kappa shape index (κ2) is 26.4. The van der Waals surface area contributed by atoms with Crippen LogP contribution >= 0.6 is 0 Å². The number of aliphatic hydroxyl groups is 1. The van der Waals surface area contributed by atoms with Crippen LogP contribution in [0.3, 0.4) is 0 Å².